The van der Waals surface area contributed by atoms with E-state index in [1.54, 1.807) is 11.3 Å². The zero-order chi connectivity index (χ0) is 11.5. The minimum Gasteiger partial charge on any atom is -0.308 e. The number of hydrogen-bond acceptors (Lipinski definition) is 3. The van der Waals surface area contributed by atoms with Gasteiger partial charge in [0.25, 0.3) is 0 Å². The maximum Gasteiger partial charge on any atom is 0.107 e. The number of rotatable bonds is 6. The van der Waals surface area contributed by atoms with Crippen LogP contribution in [0.2, 0.25) is 0 Å². The van der Waals surface area contributed by atoms with Gasteiger partial charge in [0.05, 0.1) is 5.69 Å². The Bertz CT molecular complexity index is 328. The predicted octanol–water partition coefficient (Wildman–Crippen LogP) is 3.54. The number of thiazole rings is 1. The number of nitrogens with one attached hydrogen (secondary N) is 1. The highest BCUT2D eigenvalue weighted by Gasteiger charge is 2.25. The Hall–Kier alpha value is -0.410. The SMILES string of the molecule is CC(C)CC(C)NCc1nc(C2CC2)cs1. The van der Waals surface area contributed by atoms with Gasteiger partial charge in [-0.15, -0.1) is 11.3 Å². The maximum absolute atomic E-state index is 4.68. The lowest BCUT2D eigenvalue weighted by molar-refractivity contribution is 0.441. The van der Waals surface area contributed by atoms with E-state index in [-0.39, 0.29) is 0 Å². The van der Waals surface area contributed by atoms with Crippen molar-refractivity contribution in [2.45, 2.75) is 58.5 Å². The average molecular weight is 238 g/mol. The van der Waals surface area contributed by atoms with Gasteiger partial charge in [0.15, 0.2) is 0 Å². The quantitative estimate of drug-likeness (QED) is 0.820. The van der Waals surface area contributed by atoms with Crippen molar-refractivity contribution in [1.29, 1.82) is 0 Å². The molecule has 2 nitrogen and oxygen atoms in total. The largest absolute Gasteiger partial charge is 0.308 e. The Balaban J connectivity index is 1.75. The fraction of sp³-hybridized carbons (Fsp3) is 0.769. The van der Waals surface area contributed by atoms with E-state index in [0.29, 0.717) is 6.04 Å². The first-order chi connectivity index (χ1) is 7.65. The molecular formula is C13H22N2S. The molecular weight excluding hydrogens is 216 g/mol. The number of hydrogen-bond donors (Lipinski definition) is 1. The summed E-state index contributed by atoms with van der Waals surface area (Å²) in [6.45, 7) is 7.74. The van der Waals surface area contributed by atoms with Gasteiger partial charge in [0, 0.05) is 23.9 Å². The van der Waals surface area contributed by atoms with Crippen LogP contribution in [0.1, 0.15) is 56.7 Å². The molecule has 0 saturated heterocycles. The van der Waals surface area contributed by atoms with Crippen molar-refractivity contribution in [2.24, 2.45) is 5.92 Å². The third-order valence-electron chi connectivity index (χ3n) is 2.99. The fourth-order valence-electron chi connectivity index (χ4n) is 2.02. The van der Waals surface area contributed by atoms with E-state index in [4.69, 9.17) is 0 Å². The summed E-state index contributed by atoms with van der Waals surface area (Å²) in [7, 11) is 0. The average Bonchev–Trinajstić information content (AvgIpc) is 2.94. The molecule has 1 atom stereocenters. The lowest BCUT2D eigenvalue weighted by atomic mass is 10.1. The highest BCUT2D eigenvalue weighted by molar-refractivity contribution is 7.09. The summed E-state index contributed by atoms with van der Waals surface area (Å²) in [4.78, 5) is 4.68. The summed E-state index contributed by atoms with van der Waals surface area (Å²) >= 11 is 1.81. The Labute approximate surface area is 102 Å². The first-order valence-corrected chi connectivity index (χ1v) is 7.20. The molecule has 1 aliphatic rings. The third kappa shape index (κ3) is 3.56. The van der Waals surface area contributed by atoms with Crippen LogP contribution in [-0.4, -0.2) is 11.0 Å². The molecule has 90 valence electrons. The van der Waals surface area contributed by atoms with E-state index in [1.807, 2.05) is 0 Å². The van der Waals surface area contributed by atoms with E-state index >= 15 is 0 Å². The van der Waals surface area contributed by atoms with Gasteiger partial charge in [0.2, 0.25) is 0 Å². The topological polar surface area (TPSA) is 24.9 Å². The zero-order valence-corrected chi connectivity index (χ0v) is 11.3. The summed E-state index contributed by atoms with van der Waals surface area (Å²) in [6, 6.07) is 0.591. The molecule has 1 aromatic rings. The smallest absolute Gasteiger partial charge is 0.107 e. The van der Waals surface area contributed by atoms with Crippen molar-refractivity contribution in [3.8, 4) is 0 Å². The molecule has 0 spiro atoms. The van der Waals surface area contributed by atoms with E-state index in [9.17, 15) is 0 Å². The van der Waals surface area contributed by atoms with Gasteiger partial charge in [0.1, 0.15) is 5.01 Å². The van der Waals surface area contributed by atoms with Crippen molar-refractivity contribution < 1.29 is 0 Å². The molecule has 3 heteroatoms. The normalized spacial score (nSPS) is 18.0. The third-order valence-corrected chi connectivity index (χ3v) is 3.86. The van der Waals surface area contributed by atoms with Crippen LogP contribution in [0.5, 0.6) is 0 Å². The second-order valence-electron chi connectivity index (χ2n) is 5.35. The van der Waals surface area contributed by atoms with Gasteiger partial charge in [-0.05, 0) is 32.1 Å². The minimum atomic E-state index is 0.591. The second kappa shape index (κ2) is 5.28. The van der Waals surface area contributed by atoms with Gasteiger partial charge < -0.3 is 5.32 Å². The molecule has 1 unspecified atom stereocenters. The van der Waals surface area contributed by atoms with E-state index in [0.717, 1.165) is 18.4 Å². The molecule has 1 heterocycles. The lowest BCUT2D eigenvalue weighted by Crippen LogP contribution is -2.26. The molecule has 2 rings (SSSR count). The van der Waals surface area contributed by atoms with Crippen LogP contribution in [0.4, 0.5) is 0 Å². The van der Waals surface area contributed by atoms with Crippen LogP contribution in [0.15, 0.2) is 5.38 Å². The number of nitrogens with zero attached hydrogens (tertiary/aromatic N) is 1. The molecule has 1 aliphatic carbocycles. The Kier molecular flexibility index (Phi) is 3.98. The molecule has 0 amide bonds. The van der Waals surface area contributed by atoms with Crippen molar-refractivity contribution >= 4 is 11.3 Å². The van der Waals surface area contributed by atoms with Gasteiger partial charge in [-0.1, -0.05) is 13.8 Å². The highest BCUT2D eigenvalue weighted by atomic mass is 32.1. The van der Waals surface area contributed by atoms with E-state index in [2.05, 4.69) is 36.5 Å². The first-order valence-electron chi connectivity index (χ1n) is 6.33. The summed E-state index contributed by atoms with van der Waals surface area (Å²) in [5.74, 6) is 1.55. The molecule has 1 saturated carbocycles. The van der Waals surface area contributed by atoms with Crippen LogP contribution in [0, 0.1) is 5.92 Å². The van der Waals surface area contributed by atoms with Crippen LogP contribution < -0.4 is 5.32 Å². The Morgan fingerprint density at radius 1 is 1.44 bits per heavy atom. The lowest BCUT2D eigenvalue weighted by Gasteiger charge is -2.14. The molecule has 0 aromatic carbocycles. The monoisotopic (exact) mass is 238 g/mol. The fourth-order valence-corrected chi connectivity index (χ4v) is 2.85. The van der Waals surface area contributed by atoms with Gasteiger partial charge in [-0.2, -0.15) is 0 Å². The van der Waals surface area contributed by atoms with E-state index in [1.165, 1.54) is 30.0 Å². The standard InChI is InChI=1S/C13H22N2S/c1-9(2)6-10(3)14-7-13-15-12(8-16-13)11-4-5-11/h8-11,14H,4-7H2,1-3H3. The molecule has 1 fully saturated rings. The first kappa shape index (κ1) is 12.1. The summed E-state index contributed by atoms with van der Waals surface area (Å²) < 4.78 is 0. The minimum absolute atomic E-state index is 0.591. The van der Waals surface area contributed by atoms with Crippen LogP contribution in [0.25, 0.3) is 0 Å². The van der Waals surface area contributed by atoms with Crippen molar-refractivity contribution in [2.75, 3.05) is 0 Å². The van der Waals surface area contributed by atoms with Crippen LogP contribution in [-0.2, 0) is 6.54 Å². The summed E-state index contributed by atoms with van der Waals surface area (Å²) in [5, 5.41) is 7.04. The zero-order valence-electron chi connectivity index (χ0n) is 10.5. The van der Waals surface area contributed by atoms with Crippen molar-refractivity contribution in [1.82, 2.24) is 10.3 Å². The number of aromatic nitrogens is 1. The van der Waals surface area contributed by atoms with Crippen molar-refractivity contribution in [3.05, 3.63) is 16.1 Å². The molecule has 0 aliphatic heterocycles. The molecule has 1 aromatic heterocycles. The van der Waals surface area contributed by atoms with Gasteiger partial charge in [-0.3, -0.25) is 0 Å². The Morgan fingerprint density at radius 2 is 2.19 bits per heavy atom. The molecule has 16 heavy (non-hydrogen) atoms. The predicted molar refractivity (Wildman–Crippen MR) is 69.8 cm³/mol. The second-order valence-corrected chi connectivity index (χ2v) is 6.29. The molecule has 1 N–H and O–H groups in total. The molecule has 0 radical (unpaired) electrons. The van der Waals surface area contributed by atoms with Crippen LogP contribution >= 0.6 is 11.3 Å². The van der Waals surface area contributed by atoms with E-state index < -0.39 is 0 Å². The summed E-state index contributed by atoms with van der Waals surface area (Å²) in [5.41, 5.74) is 1.33. The van der Waals surface area contributed by atoms with Crippen molar-refractivity contribution in [3.63, 3.8) is 0 Å². The summed E-state index contributed by atoms with van der Waals surface area (Å²) in [6.07, 6.45) is 3.93. The Morgan fingerprint density at radius 3 is 2.81 bits per heavy atom. The van der Waals surface area contributed by atoms with Gasteiger partial charge >= 0.3 is 0 Å². The van der Waals surface area contributed by atoms with Gasteiger partial charge in [-0.25, -0.2) is 4.98 Å². The van der Waals surface area contributed by atoms with Crippen LogP contribution in [0.3, 0.4) is 0 Å². The molecule has 0 bridgehead atoms. The maximum atomic E-state index is 4.68. The highest BCUT2D eigenvalue weighted by Crippen LogP contribution is 2.40.